The van der Waals surface area contributed by atoms with Crippen LogP contribution in [0.25, 0.3) is 0 Å². The van der Waals surface area contributed by atoms with Gasteiger partial charge in [0.2, 0.25) is 0 Å². The van der Waals surface area contributed by atoms with Crippen LogP contribution in [0.2, 0.25) is 0 Å². The summed E-state index contributed by atoms with van der Waals surface area (Å²) in [6.45, 7) is 6.56. The number of ether oxygens (including phenoxy) is 1. The van der Waals surface area contributed by atoms with Gasteiger partial charge in [0.15, 0.2) is 0 Å². The van der Waals surface area contributed by atoms with E-state index in [0.29, 0.717) is 5.92 Å². The molecule has 1 aromatic carbocycles. The Bertz CT molecular complexity index is 384. The minimum Gasteiger partial charge on any atom is -0.488 e. The highest BCUT2D eigenvalue weighted by atomic mass is 79.9. The number of hydrogen-bond donors (Lipinski definition) is 0. The molecule has 88 valence electrons. The van der Waals surface area contributed by atoms with Crippen LogP contribution in [0.15, 0.2) is 18.2 Å². The molecular formula is C14H19BrO. The summed E-state index contributed by atoms with van der Waals surface area (Å²) in [5, 5.41) is 1.01. The van der Waals surface area contributed by atoms with Crippen molar-refractivity contribution >= 4 is 15.9 Å². The molecule has 0 amide bonds. The summed E-state index contributed by atoms with van der Waals surface area (Å²) in [7, 11) is 0. The van der Waals surface area contributed by atoms with Crippen molar-refractivity contribution in [2.45, 2.75) is 45.1 Å². The first-order chi connectivity index (χ1) is 7.52. The zero-order chi connectivity index (χ0) is 11.8. The largest absolute Gasteiger partial charge is 0.488 e. The molecule has 2 heteroatoms. The molecule has 1 unspecified atom stereocenters. The SMILES string of the molecule is CC(CBr)c1ccc2c(c1)CCC(C)(C)O2. The summed E-state index contributed by atoms with van der Waals surface area (Å²) in [4.78, 5) is 0. The fraction of sp³-hybridized carbons (Fsp3) is 0.571. The van der Waals surface area contributed by atoms with Gasteiger partial charge in [-0.05, 0) is 49.8 Å². The van der Waals surface area contributed by atoms with E-state index in [-0.39, 0.29) is 5.60 Å². The van der Waals surface area contributed by atoms with Gasteiger partial charge in [0.1, 0.15) is 11.4 Å². The molecule has 0 fully saturated rings. The predicted molar refractivity (Wildman–Crippen MR) is 71.7 cm³/mol. The fourth-order valence-corrected chi connectivity index (χ4v) is 2.45. The van der Waals surface area contributed by atoms with E-state index in [1.54, 1.807) is 0 Å². The highest BCUT2D eigenvalue weighted by Gasteiger charge is 2.26. The molecule has 0 saturated carbocycles. The molecule has 1 aliphatic rings. The van der Waals surface area contributed by atoms with Crippen molar-refractivity contribution in [3.8, 4) is 5.75 Å². The monoisotopic (exact) mass is 282 g/mol. The maximum atomic E-state index is 5.98. The average molecular weight is 283 g/mol. The highest BCUT2D eigenvalue weighted by molar-refractivity contribution is 9.09. The number of fused-ring (bicyclic) bond motifs is 1. The molecule has 0 bridgehead atoms. The Labute approximate surface area is 106 Å². The molecule has 1 aromatic rings. The number of halogens is 1. The second-order valence-corrected chi connectivity index (χ2v) is 5.93. The molecule has 0 spiro atoms. The van der Waals surface area contributed by atoms with E-state index < -0.39 is 0 Å². The van der Waals surface area contributed by atoms with Gasteiger partial charge in [0.25, 0.3) is 0 Å². The zero-order valence-corrected chi connectivity index (χ0v) is 11.8. The minimum atomic E-state index is -0.00441. The highest BCUT2D eigenvalue weighted by Crippen LogP contribution is 2.34. The van der Waals surface area contributed by atoms with E-state index in [1.165, 1.54) is 11.1 Å². The summed E-state index contributed by atoms with van der Waals surface area (Å²) < 4.78 is 5.98. The van der Waals surface area contributed by atoms with E-state index in [4.69, 9.17) is 4.74 Å². The molecule has 2 rings (SSSR count). The topological polar surface area (TPSA) is 9.23 Å². The summed E-state index contributed by atoms with van der Waals surface area (Å²) in [5.41, 5.74) is 2.76. The van der Waals surface area contributed by atoms with Gasteiger partial charge in [0, 0.05) is 5.33 Å². The van der Waals surface area contributed by atoms with E-state index >= 15 is 0 Å². The van der Waals surface area contributed by atoms with Crippen LogP contribution >= 0.6 is 15.9 Å². The second kappa shape index (κ2) is 4.40. The molecule has 0 aromatic heterocycles. The smallest absolute Gasteiger partial charge is 0.123 e. The first kappa shape index (κ1) is 12.0. The molecule has 0 saturated heterocycles. The van der Waals surface area contributed by atoms with Crippen molar-refractivity contribution in [2.75, 3.05) is 5.33 Å². The summed E-state index contributed by atoms with van der Waals surface area (Å²) in [6, 6.07) is 6.62. The van der Waals surface area contributed by atoms with Crippen molar-refractivity contribution in [2.24, 2.45) is 0 Å². The van der Waals surface area contributed by atoms with Crippen LogP contribution in [0, 0.1) is 0 Å². The van der Waals surface area contributed by atoms with Gasteiger partial charge in [-0.25, -0.2) is 0 Å². The third-order valence-corrected chi connectivity index (χ3v) is 4.24. The Hall–Kier alpha value is -0.500. The van der Waals surface area contributed by atoms with Gasteiger partial charge < -0.3 is 4.74 Å². The van der Waals surface area contributed by atoms with Crippen molar-refractivity contribution in [1.29, 1.82) is 0 Å². The summed E-state index contributed by atoms with van der Waals surface area (Å²) in [5.74, 6) is 1.64. The van der Waals surface area contributed by atoms with Gasteiger partial charge in [-0.3, -0.25) is 0 Å². The third kappa shape index (κ3) is 2.42. The molecular weight excluding hydrogens is 264 g/mol. The van der Waals surface area contributed by atoms with E-state index in [0.717, 1.165) is 23.9 Å². The van der Waals surface area contributed by atoms with Gasteiger partial charge in [0.05, 0.1) is 0 Å². The van der Waals surface area contributed by atoms with Crippen LogP contribution in [0.4, 0.5) is 0 Å². The van der Waals surface area contributed by atoms with Gasteiger partial charge in [-0.1, -0.05) is 35.0 Å². The first-order valence-electron chi connectivity index (χ1n) is 5.89. The minimum absolute atomic E-state index is 0.00441. The Kier molecular flexibility index (Phi) is 3.29. The molecule has 1 atom stereocenters. The second-order valence-electron chi connectivity index (χ2n) is 5.28. The number of benzene rings is 1. The molecule has 0 aliphatic carbocycles. The van der Waals surface area contributed by atoms with Crippen LogP contribution in [0.1, 0.15) is 44.2 Å². The molecule has 1 nitrogen and oxygen atoms in total. The van der Waals surface area contributed by atoms with Crippen molar-refractivity contribution in [3.63, 3.8) is 0 Å². The normalized spacial score (nSPS) is 19.8. The lowest BCUT2D eigenvalue weighted by atomic mass is 9.91. The fourth-order valence-electron chi connectivity index (χ4n) is 2.07. The third-order valence-electron chi connectivity index (χ3n) is 3.27. The van der Waals surface area contributed by atoms with Crippen LogP contribution in [-0.2, 0) is 6.42 Å². The Morgan fingerprint density at radius 3 is 2.88 bits per heavy atom. The number of rotatable bonds is 2. The molecule has 16 heavy (non-hydrogen) atoms. The Morgan fingerprint density at radius 2 is 2.19 bits per heavy atom. The molecule has 1 heterocycles. The standard InChI is InChI=1S/C14H19BrO/c1-10(9-15)11-4-5-13-12(8-11)6-7-14(2,3)16-13/h4-5,8,10H,6-7,9H2,1-3H3. The van der Waals surface area contributed by atoms with Crippen molar-refractivity contribution in [3.05, 3.63) is 29.3 Å². The van der Waals surface area contributed by atoms with Crippen LogP contribution in [0.5, 0.6) is 5.75 Å². The lowest BCUT2D eigenvalue weighted by Crippen LogP contribution is -2.32. The van der Waals surface area contributed by atoms with Gasteiger partial charge in [-0.2, -0.15) is 0 Å². The van der Waals surface area contributed by atoms with Gasteiger partial charge in [-0.15, -0.1) is 0 Å². The van der Waals surface area contributed by atoms with Crippen LogP contribution in [-0.4, -0.2) is 10.9 Å². The number of aryl methyl sites for hydroxylation is 1. The maximum absolute atomic E-state index is 5.98. The molecule has 0 radical (unpaired) electrons. The maximum Gasteiger partial charge on any atom is 0.123 e. The summed E-state index contributed by atoms with van der Waals surface area (Å²) >= 11 is 3.53. The predicted octanol–water partition coefficient (Wildman–Crippen LogP) is 4.29. The first-order valence-corrected chi connectivity index (χ1v) is 7.02. The average Bonchev–Trinajstić information content (AvgIpc) is 2.26. The Balaban J connectivity index is 2.28. The van der Waals surface area contributed by atoms with Crippen LogP contribution < -0.4 is 4.74 Å². The lowest BCUT2D eigenvalue weighted by Gasteiger charge is -2.33. The molecule has 0 N–H and O–H groups in total. The van der Waals surface area contributed by atoms with E-state index in [1.807, 2.05) is 0 Å². The van der Waals surface area contributed by atoms with Crippen molar-refractivity contribution in [1.82, 2.24) is 0 Å². The number of hydrogen-bond acceptors (Lipinski definition) is 1. The van der Waals surface area contributed by atoms with Crippen LogP contribution in [0.3, 0.4) is 0 Å². The van der Waals surface area contributed by atoms with E-state index in [2.05, 4.69) is 54.9 Å². The lowest BCUT2D eigenvalue weighted by molar-refractivity contribution is 0.0846. The zero-order valence-electron chi connectivity index (χ0n) is 10.2. The van der Waals surface area contributed by atoms with Crippen molar-refractivity contribution < 1.29 is 4.74 Å². The quantitative estimate of drug-likeness (QED) is 0.736. The van der Waals surface area contributed by atoms with E-state index in [9.17, 15) is 0 Å². The summed E-state index contributed by atoms with van der Waals surface area (Å²) in [6.07, 6.45) is 2.23. The Morgan fingerprint density at radius 1 is 1.44 bits per heavy atom. The molecule has 1 aliphatic heterocycles. The number of alkyl halides is 1. The van der Waals surface area contributed by atoms with Gasteiger partial charge >= 0.3 is 0 Å².